The minimum atomic E-state index is -0.339. The molecule has 1 saturated heterocycles. The monoisotopic (exact) mass is 225 g/mol. The molecule has 2 N–H and O–H groups in total. The van der Waals surface area contributed by atoms with E-state index in [4.69, 9.17) is 15.2 Å². The molecular weight excluding hydrogens is 209 g/mol. The Hall–Kier alpha value is -0.970. The highest BCUT2D eigenvalue weighted by Crippen LogP contribution is 2.19. The number of ether oxygens (including phenoxy) is 2. The number of rotatable bonds is 4. The zero-order valence-electron chi connectivity index (χ0n) is 9.06. The first-order valence-corrected chi connectivity index (χ1v) is 5.50. The minimum Gasteiger partial charge on any atom is -0.350 e. The first-order valence-electron chi connectivity index (χ1n) is 5.50. The van der Waals surface area contributed by atoms with Crippen LogP contribution < -0.4 is 5.73 Å². The Morgan fingerprint density at radius 1 is 1.38 bits per heavy atom. The van der Waals surface area contributed by atoms with E-state index in [0.717, 1.165) is 6.42 Å². The van der Waals surface area contributed by atoms with Crippen LogP contribution in [-0.4, -0.2) is 25.5 Å². The maximum Gasteiger partial charge on any atom is 0.162 e. The minimum absolute atomic E-state index is 0.0572. The first-order chi connectivity index (χ1) is 7.79. The van der Waals surface area contributed by atoms with Crippen LogP contribution in [0.1, 0.15) is 12.0 Å². The lowest BCUT2D eigenvalue weighted by molar-refractivity contribution is -0.0567. The number of nitrogens with two attached hydrogens (primary N) is 1. The van der Waals surface area contributed by atoms with Crippen molar-refractivity contribution in [2.45, 2.75) is 25.2 Å². The smallest absolute Gasteiger partial charge is 0.162 e. The van der Waals surface area contributed by atoms with Gasteiger partial charge in [-0.2, -0.15) is 0 Å². The molecule has 1 aromatic carbocycles. The quantitative estimate of drug-likeness (QED) is 0.843. The van der Waals surface area contributed by atoms with Gasteiger partial charge in [-0.05, 0) is 24.6 Å². The van der Waals surface area contributed by atoms with E-state index in [-0.39, 0.29) is 18.2 Å². The second-order valence-electron chi connectivity index (χ2n) is 3.89. The summed E-state index contributed by atoms with van der Waals surface area (Å²) in [6, 6.07) is 6.68. The third-order valence-corrected chi connectivity index (χ3v) is 2.65. The molecule has 88 valence electrons. The van der Waals surface area contributed by atoms with Gasteiger partial charge in [0.2, 0.25) is 0 Å². The van der Waals surface area contributed by atoms with Crippen molar-refractivity contribution in [2.75, 3.05) is 13.2 Å². The fourth-order valence-corrected chi connectivity index (χ4v) is 1.80. The molecule has 2 rings (SSSR count). The molecule has 4 heteroatoms. The van der Waals surface area contributed by atoms with Crippen molar-refractivity contribution in [3.8, 4) is 0 Å². The SMILES string of the molecule is NCCC1COC(Cc2ccccc2F)O1. The number of benzene rings is 1. The molecule has 2 unspecified atom stereocenters. The Morgan fingerprint density at radius 3 is 2.94 bits per heavy atom. The summed E-state index contributed by atoms with van der Waals surface area (Å²) in [5.41, 5.74) is 6.06. The Balaban J connectivity index is 1.90. The van der Waals surface area contributed by atoms with Crippen LogP contribution in [0, 0.1) is 5.82 Å². The molecule has 0 bridgehead atoms. The van der Waals surface area contributed by atoms with E-state index in [0.29, 0.717) is 25.1 Å². The molecule has 1 aromatic rings. The molecule has 1 heterocycles. The molecule has 1 aliphatic heterocycles. The molecule has 1 aliphatic rings. The Labute approximate surface area is 94.3 Å². The highest BCUT2D eigenvalue weighted by molar-refractivity contribution is 5.17. The van der Waals surface area contributed by atoms with Gasteiger partial charge in [0.05, 0.1) is 12.7 Å². The summed E-state index contributed by atoms with van der Waals surface area (Å²) in [4.78, 5) is 0. The Morgan fingerprint density at radius 2 is 2.19 bits per heavy atom. The van der Waals surface area contributed by atoms with E-state index in [1.54, 1.807) is 12.1 Å². The van der Waals surface area contributed by atoms with Crippen LogP contribution in [-0.2, 0) is 15.9 Å². The van der Waals surface area contributed by atoms with Crippen molar-refractivity contribution in [1.82, 2.24) is 0 Å². The summed E-state index contributed by atoms with van der Waals surface area (Å²) >= 11 is 0. The summed E-state index contributed by atoms with van der Waals surface area (Å²) in [5.74, 6) is -0.211. The van der Waals surface area contributed by atoms with E-state index >= 15 is 0 Å². The van der Waals surface area contributed by atoms with Gasteiger partial charge in [0.15, 0.2) is 6.29 Å². The molecular formula is C12H16FNO2. The summed E-state index contributed by atoms with van der Waals surface area (Å²) in [6.07, 6.45) is 0.955. The van der Waals surface area contributed by atoms with Gasteiger partial charge in [-0.15, -0.1) is 0 Å². The van der Waals surface area contributed by atoms with Crippen LogP contribution in [0.4, 0.5) is 4.39 Å². The highest BCUT2D eigenvalue weighted by Gasteiger charge is 2.25. The van der Waals surface area contributed by atoms with Gasteiger partial charge in [-0.3, -0.25) is 0 Å². The van der Waals surface area contributed by atoms with E-state index in [2.05, 4.69) is 0 Å². The third-order valence-electron chi connectivity index (χ3n) is 2.65. The van der Waals surface area contributed by atoms with E-state index in [1.807, 2.05) is 6.07 Å². The summed E-state index contributed by atoms with van der Waals surface area (Å²) in [7, 11) is 0. The van der Waals surface area contributed by atoms with E-state index < -0.39 is 0 Å². The third kappa shape index (κ3) is 2.78. The molecule has 0 radical (unpaired) electrons. The van der Waals surface area contributed by atoms with E-state index in [9.17, 15) is 4.39 Å². The van der Waals surface area contributed by atoms with Crippen LogP contribution in [0.25, 0.3) is 0 Å². The van der Waals surface area contributed by atoms with Gasteiger partial charge in [-0.25, -0.2) is 4.39 Å². The molecule has 0 spiro atoms. The topological polar surface area (TPSA) is 44.5 Å². The van der Waals surface area contributed by atoms with Crippen LogP contribution >= 0.6 is 0 Å². The molecule has 3 nitrogen and oxygen atoms in total. The van der Waals surface area contributed by atoms with Crippen LogP contribution in [0.5, 0.6) is 0 Å². The second-order valence-corrected chi connectivity index (χ2v) is 3.89. The normalized spacial score (nSPS) is 24.9. The molecule has 1 fully saturated rings. The lowest BCUT2D eigenvalue weighted by Gasteiger charge is -2.11. The zero-order chi connectivity index (χ0) is 11.4. The molecule has 0 saturated carbocycles. The molecule has 0 aromatic heterocycles. The first kappa shape index (κ1) is 11.5. The van der Waals surface area contributed by atoms with Crippen LogP contribution in [0.2, 0.25) is 0 Å². The average Bonchev–Trinajstić information content (AvgIpc) is 2.70. The standard InChI is InChI=1S/C12H16FNO2/c13-11-4-2-1-3-9(11)7-12-15-8-10(16-12)5-6-14/h1-4,10,12H,5-8,14H2. The van der Waals surface area contributed by atoms with Crippen molar-refractivity contribution < 1.29 is 13.9 Å². The summed E-state index contributed by atoms with van der Waals surface area (Å²) in [6.45, 7) is 1.14. The zero-order valence-corrected chi connectivity index (χ0v) is 9.06. The van der Waals surface area contributed by atoms with E-state index in [1.165, 1.54) is 6.07 Å². The van der Waals surface area contributed by atoms with Crippen molar-refractivity contribution in [1.29, 1.82) is 0 Å². The molecule has 0 amide bonds. The number of hydrogen-bond donors (Lipinski definition) is 1. The highest BCUT2D eigenvalue weighted by atomic mass is 19.1. The predicted molar refractivity (Wildman–Crippen MR) is 58.4 cm³/mol. The van der Waals surface area contributed by atoms with Crippen LogP contribution in [0.15, 0.2) is 24.3 Å². The fourth-order valence-electron chi connectivity index (χ4n) is 1.80. The van der Waals surface area contributed by atoms with Gasteiger partial charge < -0.3 is 15.2 Å². The lowest BCUT2D eigenvalue weighted by atomic mass is 10.1. The maximum absolute atomic E-state index is 13.4. The van der Waals surface area contributed by atoms with Crippen molar-refractivity contribution in [2.24, 2.45) is 5.73 Å². The van der Waals surface area contributed by atoms with Crippen molar-refractivity contribution >= 4 is 0 Å². The summed E-state index contributed by atoms with van der Waals surface area (Å²) < 4.78 is 24.4. The lowest BCUT2D eigenvalue weighted by Crippen LogP contribution is -2.18. The Bertz CT molecular complexity index is 346. The van der Waals surface area contributed by atoms with Crippen molar-refractivity contribution in [3.63, 3.8) is 0 Å². The molecule has 0 aliphatic carbocycles. The van der Waals surface area contributed by atoms with Gasteiger partial charge in [-0.1, -0.05) is 18.2 Å². The molecule has 16 heavy (non-hydrogen) atoms. The molecule has 2 atom stereocenters. The fraction of sp³-hybridized carbons (Fsp3) is 0.500. The van der Waals surface area contributed by atoms with Gasteiger partial charge in [0, 0.05) is 6.42 Å². The average molecular weight is 225 g/mol. The van der Waals surface area contributed by atoms with Gasteiger partial charge >= 0.3 is 0 Å². The van der Waals surface area contributed by atoms with Crippen LogP contribution in [0.3, 0.4) is 0 Å². The van der Waals surface area contributed by atoms with Gasteiger partial charge in [0.1, 0.15) is 5.82 Å². The summed E-state index contributed by atoms with van der Waals surface area (Å²) in [5, 5.41) is 0. The Kier molecular flexibility index (Phi) is 3.88. The van der Waals surface area contributed by atoms with Gasteiger partial charge in [0.25, 0.3) is 0 Å². The number of halogens is 1. The maximum atomic E-state index is 13.4. The number of hydrogen-bond acceptors (Lipinski definition) is 3. The predicted octanol–water partition coefficient (Wildman–Crippen LogP) is 1.46. The largest absolute Gasteiger partial charge is 0.350 e. The second kappa shape index (κ2) is 5.39. The van der Waals surface area contributed by atoms with Crippen molar-refractivity contribution in [3.05, 3.63) is 35.6 Å².